The van der Waals surface area contributed by atoms with Crippen molar-refractivity contribution in [3.05, 3.63) is 29.8 Å². The van der Waals surface area contributed by atoms with E-state index in [9.17, 15) is 0 Å². The van der Waals surface area contributed by atoms with E-state index in [4.69, 9.17) is 0 Å². The first kappa shape index (κ1) is 14.9. The summed E-state index contributed by atoms with van der Waals surface area (Å²) in [4.78, 5) is 4.83. The third-order valence-electron chi connectivity index (χ3n) is 4.71. The monoisotopic (exact) mass is 287 g/mol. The average Bonchev–Trinajstić information content (AvgIpc) is 3.13. The Kier molecular flexibility index (Phi) is 4.81. The van der Waals surface area contributed by atoms with Crippen molar-refractivity contribution in [3.8, 4) is 0 Å². The van der Waals surface area contributed by atoms with E-state index < -0.39 is 0 Å². The van der Waals surface area contributed by atoms with Gasteiger partial charge in [-0.25, -0.2) is 0 Å². The van der Waals surface area contributed by atoms with E-state index in [2.05, 4.69) is 53.5 Å². The standard InChI is InChI=1S/C18H29N3/c1-20(2)18-9-7-16(8-10-18)13-21(12-15-5-6-15)14-17-4-3-11-19-17/h7-10,15,17,19H,3-6,11-14H2,1-2H3. The molecule has 0 spiro atoms. The van der Waals surface area contributed by atoms with Gasteiger partial charge >= 0.3 is 0 Å². The summed E-state index contributed by atoms with van der Waals surface area (Å²) in [5.74, 6) is 0.965. The summed E-state index contributed by atoms with van der Waals surface area (Å²) in [6, 6.07) is 9.76. The molecule has 21 heavy (non-hydrogen) atoms. The Morgan fingerprint density at radius 3 is 2.38 bits per heavy atom. The van der Waals surface area contributed by atoms with Crippen LogP contribution < -0.4 is 10.2 Å². The van der Waals surface area contributed by atoms with Gasteiger partial charge < -0.3 is 10.2 Å². The van der Waals surface area contributed by atoms with Crippen molar-refractivity contribution >= 4 is 5.69 Å². The van der Waals surface area contributed by atoms with Gasteiger partial charge in [0.1, 0.15) is 0 Å². The van der Waals surface area contributed by atoms with Gasteiger partial charge in [0.25, 0.3) is 0 Å². The highest BCUT2D eigenvalue weighted by Crippen LogP contribution is 2.30. The van der Waals surface area contributed by atoms with E-state index in [-0.39, 0.29) is 0 Å². The van der Waals surface area contributed by atoms with Crippen LogP contribution in [0.2, 0.25) is 0 Å². The van der Waals surface area contributed by atoms with E-state index in [1.165, 1.54) is 56.6 Å². The van der Waals surface area contributed by atoms with Crippen molar-refractivity contribution in [2.24, 2.45) is 5.92 Å². The zero-order chi connectivity index (χ0) is 14.7. The number of hydrogen-bond acceptors (Lipinski definition) is 3. The van der Waals surface area contributed by atoms with Crippen LogP contribution in [0.4, 0.5) is 5.69 Å². The summed E-state index contributed by atoms with van der Waals surface area (Å²) in [5.41, 5.74) is 2.73. The number of hydrogen-bond donors (Lipinski definition) is 1. The van der Waals surface area contributed by atoms with Crippen molar-refractivity contribution in [1.82, 2.24) is 10.2 Å². The number of anilines is 1. The topological polar surface area (TPSA) is 18.5 Å². The highest BCUT2D eigenvalue weighted by atomic mass is 15.2. The normalized spacial score (nSPS) is 22.0. The molecule has 1 aromatic rings. The molecule has 1 unspecified atom stereocenters. The first-order valence-corrected chi connectivity index (χ1v) is 8.43. The number of nitrogens with zero attached hydrogens (tertiary/aromatic N) is 2. The van der Waals surface area contributed by atoms with Gasteiger partial charge in [-0.2, -0.15) is 0 Å². The molecule has 1 aromatic carbocycles. The first-order chi connectivity index (χ1) is 10.2. The molecule has 2 fully saturated rings. The molecule has 3 heteroatoms. The van der Waals surface area contributed by atoms with Gasteiger partial charge in [0.05, 0.1) is 0 Å². The Bertz CT molecular complexity index is 430. The van der Waals surface area contributed by atoms with E-state index >= 15 is 0 Å². The number of nitrogens with one attached hydrogen (secondary N) is 1. The van der Waals surface area contributed by atoms with Gasteiger partial charge in [0.15, 0.2) is 0 Å². The zero-order valence-electron chi connectivity index (χ0n) is 13.5. The molecule has 0 bridgehead atoms. The molecule has 3 nitrogen and oxygen atoms in total. The Morgan fingerprint density at radius 2 is 1.81 bits per heavy atom. The van der Waals surface area contributed by atoms with Gasteiger partial charge in [-0.15, -0.1) is 0 Å². The van der Waals surface area contributed by atoms with Crippen LogP contribution >= 0.6 is 0 Å². The summed E-state index contributed by atoms with van der Waals surface area (Å²) in [7, 11) is 4.19. The summed E-state index contributed by atoms with van der Waals surface area (Å²) in [5, 5.41) is 3.64. The van der Waals surface area contributed by atoms with Crippen LogP contribution in [0.1, 0.15) is 31.2 Å². The fourth-order valence-electron chi connectivity index (χ4n) is 3.25. The van der Waals surface area contributed by atoms with E-state index in [0.29, 0.717) is 6.04 Å². The molecule has 116 valence electrons. The maximum Gasteiger partial charge on any atom is 0.0361 e. The van der Waals surface area contributed by atoms with Gasteiger partial charge in [0, 0.05) is 45.5 Å². The Balaban J connectivity index is 1.59. The molecule has 1 heterocycles. The van der Waals surface area contributed by atoms with Crippen LogP contribution in [0, 0.1) is 5.92 Å². The molecule has 1 saturated heterocycles. The molecule has 1 aliphatic heterocycles. The minimum absolute atomic E-state index is 0.713. The predicted molar refractivity (Wildman–Crippen MR) is 89.8 cm³/mol. The fourth-order valence-corrected chi connectivity index (χ4v) is 3.25. The molecular weight excluding hydrogens is 258 g/mol. The lowest BCUT2D eigenvalue weighted by Crippen LogP contribution is -2.38. The quantitative estimate of drug-likeness (QED) is 0.832. The van der Waals surface area contributed by atoms with E-state index in [1.807, 2.05) is 0 Å². The third kappa shape index (κ3) is 4.45. The zero-order valence-corrected chi connectivity index (χ0v) is 13.5. The van der Waals surface area contributed by atoms with Crippen LogP contribution in [0.5, 0.6) is 0 Å². The average molecular weight is 287 g/mol. The molecule has 0 amide bonds. The van der Waals surface area contributed by atoms with E-state index in [0.717, 1.165) is 12.5 Å². The van der Waals surface area contributed by atoms with Crippen molar-refractivity contribution in [3.63, 3.8) is 0 Å². The highest BCUT2D eigenvalue weighted by Gasteiger charge is 2.26. The van der Waals surface area contributed by atoms with Gasteiger partial charge in [-0.1, -0.05) is 12.1 Å². The number of benzene rings is 1. The van der Waals surface area contributed by atoms with Crippen LogP contribution in [0.15, 0.2) is 24.3 Å². The molecule has 3 rings (SSSR count). The highest BCUT2D eigenvalue weighted by molar-refractivity contribution is 5.45. The minimum atomic E-state index is 0.713. The van der Waals surface area contributed by atoms with Crippen molar-refractivity contribution in [1.29, 1.82) is 0 Å². The Morgan fingerprint density at radius 1 is 1.05 bits per heavy atom. The second kappa shape index (κ2) is 6.80. The second-order valence-electron chi connectivity index (χ2n) is 6.99. The van der Waals surface area contributed by atoms with Crippen LogP contribution in [-0.4, -0.2) is 44.7 Å². The van der Waals surface area contributed by atoms with Gasteiger partial charge in [0.2, 0.25) is 0 Å². The lowest BCUT2D eigenvalue weighted by Gasteiger charge is -2.26. The first-order valence-electron chi connectivity index (χ1n) is 8.43. The lowest BCUT2D eigenvalue weighted by molar-refractivity contribution is 0.232. The summed E-state index contributed by atoms with van der Waals surface area (Å²) in [6.07, 6.45) is 5.57. The Labute approximate surface area is 129 Å². The molecule has 1 aliphatic carbocycles. The summed E-state index contributed by atoms with van der Waals surface area (Å²) in [6.45, 7) is 4.81. The van der Waals surface area contributed by atoms with Crippen molar-refractivity contribution < 1.29 is 0 Å². The van der Waals surface area contributed by atoms with Crippen molar-refractivity contribution in [2.75, 3.05) is 38.6 Å². The molecule has 1 N–H and O–H groups in total. The molecule has 1 saturated carbocycles. The smallest absolute Gasteiger partial charge is 0.0361 e. The molecule has 2 aliphatic rings. The third-order valence-corrected chi connectivity index (χ3v) is 4.71. The van der Waals surface area contributed by atoms with Gasteiger partial charge in [-0.3, -0.25) is 4.90 Å². The molecule has 1 atom stereocenters. The van der Waals surface area contributed by atoms with Crippen LogP contribution in [0.3, 0.4) is 0 Å². The molecular formula is C18H29N3. The number of rotatable bonds is 7. The predicted octanol–water partition coefficient (Wildman–Crippen LogP) is 2.72. The summed E-state index contributed by atoms with van der Waals surface area (Å²) >= 11 is 0. The molecule has 0 radical (unpaired) electrons. The van der Waals surface area contributed by atoms with E-state index in [1.54, 1.807) is 0 Å². The maximum atomic E-state index is 3.64. The lowest BCUT2D eigenvalue weighted by atomic mass is 10.1. The Hall–Kier alpha value is -1.06. The van der Waals surface area contributed by atoms with Crippen LogP contribution in [0.25, 0.3) is 0 Å². The molecule has 0 aromatic heterocycles. The largest absolute Gasteiger partial charge is 0.378 e. The summed E-state index contributed by atoms with van der Waals surface area (Å²) < 4.78 is 0. The minimum Gasteiger partial charge on any atom is -0.378 e. The fraction of sp³-hybridized carbons (Fsp3) is 0.667. The van der Waals surface area contributed by atoms with Crippen molar-refractivity contribution in [2.45, 2.75) is 38.3 Å². The maximum absolute atomic E-state index is 3.64. The van der Waals surface area contributed by atoms with Gasteiger partial charge in [-0.05, 0) is 55.8 Å². The SMILES string of the molecule is CN(C)c1ccc(CN(CC2CC2)CC2CCCN2)cc1. The van der Waals surface area contributed by atoms with Crippen LogP contribution in [-0.2, 0) is 6.54 Å². The second-order valence-corrected chi connectivity index (χ2v) is 6.99.